The van der Waals surface area contributed by atoms with Gasteiger partial charge in [0.2, 0.25) is 0 Å². The van der Waals surface area contributed by atoms with E-state index in [2.05, 4.69) is 34.5 Å². The fourth-order valence-corrected chi connectivity index (χ4v) is 4.82. The Hall–Kier alpha value is -3.23. The Morgan fingerprint density at radius 3 is 2.41 bits per heavy atom. The van der Waals surface area contributed by atoms with Crippen LogP contribution in [-0.4, -0.2) is 83.0 Å². The number of hydrogen-bond donors (Lipinski definition) is 1. The molecule has 2 aromatic rings. The van der Waals surface area contributed by atoms with Crippen molar-refractivity contribution in [3.8, 4) is 0 Å². The number of amides is 3. The fraction of sp³-hybridized carbons (Fsp3) is 0.375. The normalized spacial score (nSPS) is 25.6. The number of nitrogens with zero attached hydrogens (tertiary/aromatic N) is 5. The van der Waals surface area contributed by atoms with E-state index in [1.54, 1.807) is 19.0 Å². The highest BCUT2D eigenvalue weighted by atomic mass is 16.2. The summed E-state index contributed by atoms with van der Waals surface area (Å²) in [4.78, 5) is 30.6. The van der Waals surface area contributed by atoms with Crippen molar-refractivity contribution in [1.82, 2.24) is 25.0 Å². The summed E-state index contributed by atoms with van der Waals surface area (Å²) in [6.45, 7) is 1.28. The van der Waals surface area contributed by atoms with Crippen LogP contribution in [0.4, 0.5) is 4.79 Å². The summed E-state index contributed by atoms with van der Waals surface area (Å²) in [5.41, 5.74) is 3.27. The van der Waals surface area contributed by atoms with Crippen LogP contribution >= 0.6 is 0 Å². The molecule has 8 heteroatoms. The van der Waals surface area contributed by atoms with E-state index in [1.807, 2.05) is 41.4 Å². The lowest BCUT2D eigenvalue weighted by Gasteiger charge is -2.41. The minimum Gasteiger partial charge on any atom is -0.310 e. The smallest absolute Gasteiger partial charge is 0.310 e. The molecule has 0 aromatic heterocycles. The number of carbonyl (C=O) groups excluding carboxylic acids is 2. The number of fused-ring (bicyclic) bond motifs is 3. The summed E-state index contributed by atoms with van der Waals surface area (Å²) in [7, 11) is 3.30. The van der Waals surface area contributed by atoms with E-state index in [9.17, 15) is 9.59 Å². The van der Waals surface area contributed by atoms with Gasteiger partial charge in [-0.25, -0.2) is 9.69 Å². The molecule has 3 aliphatic rings. The van der Waals surface area contributed by atoms with Gasteiger partial charge in [-0.1, -0.05) is 60.7 Å². The lowest BCUT2D eigenvalue weighted by molar-refractivity contribution is -0.137. The standard InChI is InChI=1S/C24H28N6O2/c1-27-21-20(22(31)28(2)24(27)32)29-16-19(18-13-7-4-8-14-18)26-30(23(29)25-21)15-9-12-17-10-5-3-6-11-17/h3-8,10-11,13-14,20-21,23,25H,9,12,15-16H2,1-2H3. The molecule has 2 saturated heterocycles. The van der Waals surface area contributed by atoms with Gasteiger partial charge in [0.25, 0.3) is 5.91 Å². The zero-order valence-corrected chi connectivity index (χ0v) is 18.4. The number of likely N-dealkylation sites (N-methyl/N-ethyl adjacent to an activating group) is 2. The minimum absolute atomic E-state index is 0.174. The Kier molecular flexibility index (Phi) is 5.40. The number of hydrogen-bond acceptors (Lipinski definition) is 6. The van der Waals surface area contributed by atoms with Gasteiger partial charge in [0.15, 0.2) is 6.29 Å². The van der Waals surface area contributed by atoms with Gasteiger partial charge in [0, 0.05) is 27.2 Å². The second kappa shape index (κ2) is 8.37. The molecule has 3 unspecified atom stereocenters. The molecule has 0 bridgehead atoms. The number of rotatable bonds is 5. The van der Waals surface area contributed by atoms with Crippen LogP contribution < -0.4 is 5.32 Å². The SMILES string of the molecule is CN1C(=O)C2C(NC3N(CCCc4ccccc4)N=C(c4ccccc4)CN23)N(C)C1=O. The van der Waals surface area contributed by atoms with Crippen molar-refractivity contribution in [2.75, 3.05) is 27.2 Å². The molecule has 0 radical (unpaired) electrons. The first-order valence-electron chi connectivity index (χ1n) is 11.0. The molecule has 0 saturated carbocycles. The molecule has 3 heterocycles. The molecule has 5 rings (SSSR count). The highest BCUT2D eigenvalue weighted by molar-refractivity contribution is 6.04. The predicted molar refractivity (Wildman–Crippen MR) is 122 cm³/mol. The Labute approximate surface area is 188 Å². The number of carbonyl (C=O) groups is 2. The van der Waals surface area contributed by atoms with E-state index < -0.39 is 6.04 Å². The number of imide groups is 1. The first-order valence-corrected chi connectivity index (χ1v) is 11.0. The molecule has 2 fully saturated rings. The van der Waals surface area contributed by atoms with Crippen molar-refractivity contribution in [1.29, 1.82) is 0 Å². The fourth-order valence-electron chi connectivity index (χ4n) is 4.82. The lowest BCUT2D eigenvalue weighted by atomic mass is 10.1. The van der Waals surface area contributed by atoms with E-state index in [4.69, 9.17) is 5.10 Å². The third-order valence-corrected chi connectivity index (χ3v) is 6.55. The van der Waals surface area contributed by atoms with Crippen LogP contribution in [0.15, 0.2) is 65.8 Å². The molecular formula is C24H28N6O2. The largest absolute Gasteiger partial charge is 0.327 e. The van der Waals surface area contributed by atoms with Gasteiger partial charge in [-0.15, -0.1) is 0 Å². The molecule has 3 atom stereocenters. The molecule has 0 aliphatic carbocycles. The van der Waals surface area contributed by atoms with Crippen LogP contribution in [0.5, 0.6) is 0 Å². The van der Waals surface area contributed by atoms with E-state index in [0.29, 0.717) is 6.54 Å². The Balaban J connectivity index is 1.42. The topological polar surface area (TPSA) is 71.5 Å². The highest BCUT2D eigenvalue weighted by Gasteiger charge is 2.55. The zero-order chi connectivity index (χ0) is 22.2. The summed E-state index contributed by atoms with van der Waals surface area (Å²) in [6.07, 6.45) is 1.27. The van der Waals surface area contributed by atoms with Crippen molar-refractivity contribution in [3.63, 3.8) is 0 Å². The molecule has 3 amide bonds. The van der Waals surface area contributed by atoms with Crippen LogP contribution in [0.1, 0.15) is 17.5 Å². The predicted octanol–water partition coefficient (Wildman–Crippen LogP) is 1.75. The van der Waals surface area contributed by atoms with Crippen LogP contribution in [0.3, 0.4) is 0 Å². The Morgan fingerprint density at radius 1 is 1.00 bits per heavy atom. The quantitative estimate of drug-likeness (QED) is 0.780. The first kappa shape index (κ1) is 20.7. The Bertz CT molecular complexity index is 1030. The zero-order valence-electron chi connectivity index (χ0n) is 18.4. The second-order valence-corrected chi connectivity index (χ2v) is 8.56. The highest BCUT2D eigenvalue weighted by Crippen LogP contribution is 2.30. The van der Waals surface area contributed by atoms with Crippen LogP contribution in [-0.2, 0) is 11.2 Å². The van der Waals surface area contributed by atoms with Gasteiger partial charge in [0.05, 0.1) is 5.71 Å². The third kappa shape index (κ3) is 3.55. The van der Waals surface area contributed by atoms with Crippen molar-refractivity contribution < 1.29 is 9.59 Å². The molecule has 0 spiro atoms. The van der Waals surface area contributed by atoms with Gasteiger partial charge in [-0.2, -0.15) is 5.10 Å². The van der Waals surface area contributed by atoms with E-state index in [-0.39, 0.29) is 24.4 Å². The van der Waals surface area contributed by atoms with Gasteiger partial charge in [-0.05, 0) is 24.0 Å². The van der Waals surface area contributed by atoms with Crippen LogP contribution in [0, 0.1) is 0 Å². The molecular weight excluding hydrogens is 404 g/mol. The van der Waals surface area contributed by atoms with Crippen molar-refractivity contribution >= 4 is 17.6 Å². The van der Waals surface area contributed by atoms with Crippen molar-refractivity contribution in [3.05, 3.63) is 71.8 Å². The monoisotopic (exact) mass is 432 g/mol. The van der Waals surface area contributed by atoms with Crippen molar-refractivity contribution in [2.45, 2.75) is 31.3 Å². The third-order valence-electron chi connectivity index (χ3n) is 6.55. The van der Waals surface area contributed by atoms with Crippen molar-refractivity contribution in [2.24, 2.45) is 5.10 Å². The minimum atomic E-state index is -0.446. The summed E-state index contributed by atoms with van der Waals surface area (Å²) in [6, 6.07) is 19.8. The number of benzene rings is 2. The summed E-state index contributed by atoms with van der Waals surface area (Å²) in [5.74, 6) is -0.174. The molecule has 3 aliphatic heterocycles. The van der Waals surface area contributed by atoms with Gasteiger partial charge in [-0.3, -0.25) is 20.0 Å². The van der Waals surface area contributed by atoms with Crippen LogP contribution in [0.25, 0.3) is 0 Å². The van der Waals surface area contributed by atoms with E-state index in [0.717, 1.165) is 30.7 Å². The van der Waals surface area contributed by atoms with Gasteiger partial charge in [0.1, 0.15) is 12.2 Å². The second-order valence-electron chi connectivity index (χ2n) is 8.56. The lowest BCUT2D eigenvalue weighted by Crippen LogP contribution is -2.65. The molecule has 32 heavy (non-hydrogen) atoms. The van der Waals surface area contributed by atoms with Crippen LogP contribution in [0.2, 0.25) is 0 Å². The maximum absolute atomic E-state index is 13.1. The van der Waals surface area contributed by atoms with Gasteiger partial charge < -0.3 is 4.90 Å². The molecule has 8 nitrogen and oxygen atoms in total. The van der Waals surface area contributed by atoms with E-state index >= 15 is 0 Å². The maximum Gasteiger partial charge on any atom is 0.327 e. The average Bonchev–Trinajstić information content (AvgIpc) is 3.22. The number of nitrogens with one attached hydrogen (secondary N) is 1. The maximum atomic E-state index is 13.1. The molecule has 1 N–H and O–H groups in total. The molecule has 166 valence electrons. The summed E-state index contributed by atoms with van der Waals surface area (Å²) >= 11 is 0. The van der Waals surface area contributed by atoms with Gasteiger partial charge >= 0.3 is 6.03 Å². The average molecular weight is 433 g/mol. The Morgan fingerprint density at radius 2 is 1.69 bits per heavy atom. The number of urea groups is 1. The van der Waals surface area contributed by atoms with E-state index in [1.165, 1.54) is 10.5 Å². The first-order chi connectivity index (χ1) is 15.5. The number of aryl methyl sites for hydroxylation is 1. The summed E-state index contributed by atoms with van der Waals surface area (Å²) in [5, 5.41) is 10.5. The summed E-state index contributed by atoms with van der Waals surface area (Å²) < 4.78 is 0. The molecule has 2 aromatic carbocycles. The number of hydrazone groups is 1.